The van der Waals surface area contributed by atoms with Crippen molar-refractivity contribution >= 4 is 5.91 Å². The molecule has 0 saturated heterocycles. The topological polar surface area (TPSA) is 75.8 Å². The Balaban J connectivity index is 4.24. The summed E-state index contributed by atoms with van der Waals surface area (Å²) in [6.45, 7) is 3.19. The summed E-state index contributed by atoms with van der Waals surface area (Å²) in [7, 11) is 1.46. The summed E-state index contributed by atoms with van der Waals surface area (Å²) in [6.07, 6.45) is 1.34. The number of aliphatic hydroxyl groups is 1. The lowest BCUT2D eigenvalue weighted by atomic mass is 10.2. The molecule has 0 aliphatic carbocycles. The third kappa shape index (κ3) is 5.11. The minimum Gasteiger partial charge on any atom is -0.395 e. The van der Waals surface area contributed by atoms with Gasteiger partial charge in [0.2, 0.25) is 0 Å². The lowest BCUT2D eigenvalue weighted by Crippen LogP contribution is -2.45. The number of aliphatic hydroxyl groups excluding tert-OH is 1. The Morgan fingerprint density at radius 1 is 1.53 bits per heavy atom. The number of carbonyl (C=O) groups is 1. The molecule has 1 amide bonds. The Hall–Kier alpha value is -0.650. The molecule has 0 fully saturated rings. The molecule has 0 saturated carbocycles. The zero-order valence-corrected chi connectivity index (χ0v) is 9.61. The van der Waals surface area contributed by atoms with Gasteiger partial charge in [-0.05, 0) is 6.42 Å². The second-order valence-electron chi connectivity index (χ2n) is 3.36. The summed E-state index contributed by atoms with van der Waals surface area (Å²) < 4.78 is 4.97. The Morgan fingerprint density at radius 3 is 2.60 bits per heavy atom. The van der Waals surface area contributed by atoms with Gasteiger partial charge in [-0.25, -0.2) is 0 Å². The Labute approximate surface area is 91.2 Å². The van der Waals surface area contributed by atoms with Gasteiger partial charge in [-0.15, -0.1) is 0 Å². The van der Waals surface area contributed by atoms with Gasteiger partial charge < -0.3 is 20.5 Å². The first-order chi connectivity index (χ1) is 7.21. The normalized spacial score (nSPS) is 12.5. The molecule has 1 unspecified atom stereocenters. The fraction of sp³-hybridized carbons (Fsp3) is 0.900. The predicted molar refractivity (Wildman–Crippen MR) is 58.4 cm³/mol. The lowest BCUT2D eigenvalue weighted by Gasteiger charge is -2.25. The predicted octanol–water partition coefficient (Wildman–Crippen LogP) is -0.419. The van der Waals surface area contributed by atoms with E-state index in [2.05, 4.69) is 6.92 Å². The molecule has 90 valence electrons. The van der Waals surface area contributed by atoms with Gasteiger partial charge in [0.1, 0.15) is 6.10 Å². The highest BCUT2D eigenvalue weighted by molar-refractivity contribution is 5.81. The number of amides is 1. The van der Waals surface area contributed by atoms with Crippen LogP contribution in [0.1, 0.15) is 19.8 Å². The van der Waals surface area contributed by atoms with Crippen LogP contribution in [0.15, 0.2) is 0 Å². The van der Waals surface area contributed by atoms with Crippen LogP contribution in [0.5, 0.6) is 0 Å². The van der Waals surface area contributed by atoms with E-state index in [1.165, 1.54) is 7.11 Å². The van der Waals surface area contributed by atoms with Crippen molar-refractivity contribution in [2.75, 3.05) is 33.4 Å². The highest BCUT2D eigenvalue weighted by Crippen LogP contribution is 2.00. The number of methoxy groups -OCH3 is 1. The van der Waals surface area contributed by atoms with E-state index in [1.807, 2.05) is 0 Å². The lowest BCUT2D eigenvalue weighted by molar-refractivity contribution is -0.142. The average Bonchev–Trinajstić information content (AvgIpc) is 2.25. The molecular weight excluding hydrogens is 196 g/mol. The molecule has 0 aromatic heterocycles. The minimum atomic E-state index is -0.589. The van der Waals surface area contributed by atoms with E-state index in [0.717, 1.165) is 12.8 Å². The molecular formula is C10H22N2O3. The molecule has 0 aromatic carbocycles. The van der Waals surface area contributed by atoms with Crippen molar-refractivity contribution in [2.24, 2.45) is 5.73 Å². The number of hydrogen-bond donors (Lipinski definition) is 2. The minimum absolute atomic E-state index is 0.0313. The van der Waals surface area contributed by atoms with E-state index in [0.29, 0.717) is 13.1 Å². The van der Waals surface area contributed by atoms with Crippen LogP contribution < -0.4 is 5.73 Å². The number of nitrogens with two attached hydrogens (primary N) is 1. The maximum absolute atomic E-state index is 11.8. The third-order valence-electron chi connectivity index (χ3n) is 2.24. The molecule has 5 heteroatoms. The molecule has 0 bridgehead atoms. The summed E-state index contributed by atoms with van der Waals surface area (Å²) in [6, 6.07) is 0. The monoisotopic (exact) mass is 218 g/mol. The van der Waals surface area contributed by atoms with Crippen molar-refractivity contribution in [1.29, 1.82) is 0 Å². The summed E-state index contributed by atoms with van der Waals surface area (Å²) in [4.78, 5) is 13.4. The van der Waals surface area contributed by atoms with Crippen molar-refractivity contribution in [3.8, 4) is 0 Å². The average molecular weight is 218 g/mol. The van der Waals surface area contributed by atoms with Crippen molar-refractivity contribution in [3.05, 3.63) is 0 Å². The fourth-order valence-electron chi connectivity index (χ4n) is 1.30. The van der Waals surface area contributed by atoms with E-state index in [9.17, 15) is 4.79 Å². The first kappa shape index (κ1) is 14.3. The van der Waals surface area contributed by atoms with E-state index in [-0.39, 0.29) is 19.1 Å². The Morgan fingerprint density at radius 2 is 2.20 bits per heavy atom. The number of ether oxygens (including phenoxy) is 1. The van der Waals surface area contributed by atoms with Gasteiger partial charge in [-0.1, -0.05) is 13.3 Å². The SMILES string of the molecule is CCCCN(CCO)C(=O)C(CN)OC. The number of carbonyl (C=O) groups excluding carboxylic acids is 1. The largest absolute Gasteiger partial charge is 0.395 e. The summed E-state index contributed by atoms with van der Waals surface area (Å²) in [5.74, 6) is -0.137. The van der Waals surface area contributed by atoms with Gasteiger partial charge in [-0.3, -0.25) is 4.79 Å². The van der Waals surface area contributed by atoms with Gasteiger partial charge in [0.05, 0.1) is 6.61 Å². The number of unbranched alkanes of at least 4 members (excludes halogenated alkanes) is 1. The van der Waals surface area contributed by atoms with Crippen LogP contribution in [0.2, 0.25) is 0 Å². The maximum atomic E-state index is 11.8. The van der Waals surface area contributed by atoms with Crippen molar-refractivity contribution in [1.82, 2.24) is 4.90 Å². The molecule has 0 heterocycles. The molecule has 0 spiro atoms. The smallest absolute Gasteiger partial charge is 0.253 e. The standard InChI is InChI=1S/C10H22N2O3/c1-3-4-5-12(6-7-13)10(14)9(8-11)15-2/h9,13H,3-8,11H2,1-2H3. The van der Waals surface area contributed by atoms with Gasteiger partial charge in [0, 0.05) is 26.7 Å². The Bertz CT molecular complexity index is 172. The van der Waals surface area contributed by atoms with Crippen LogP contribution >= 0.6 is 0 Å². The molecule has 0 radical (unpaired) electrons. The van der Waals surface area contributed by atoms with Crippen LogP contribution in [0, 0.1) is 0 Å². The fourth-order valence-corrected chi connectivity index (χ4v) is 1.30. The van der Waals surface area contributed by atoms with E-state index >= 15 is 0 Å². The third-order valence-corrected chi connectivity index (χ3v) is 2.24. The summed E-state index contributed by atoms with van der Waals surface area (Å²) >= 11 is 0. The number of rotatable bonds is 8. The second-order valence-corrected chi connectivity index (χ2v) is 3.36. The zero-order chi connectivity index (χ0) is 11.7. The van der Waals surface area contributed by atoms with Crippen LogP contribution in [0.3, 0.4) is 0 Å². The second kappa shape index (κ2) is 8.64. The highest BCUT2D eigenvalue weighted by atomic mass is 16.5. The van der Waals surface area contributed by atoms with Crippen molar-refractivity contribution < 1.29 is 14.6 Å². The molecule has 3 N–H and O–H groups in total. The first-order valence-corrected chi connectivity index (χ1v) is 5.33. The highest BCUT2D eigenvalue weighted by Gasteiger charge is 2.21. The quantitative estimate of drug-likeness (QED) is 0.580. The molecule has 5 nitrogen and oxygen atoms in total. The van der Waals surface area contributed by atoms with E-state index in [1.54, 1.807) is 4.90 Å². The van der Waals surface area contributed by atoms with Crippen molar-refractivity contribution in [3.63, 3.8) is 0 Å². The maximum Gasteiger partial charge on any atom is 0.253 e. The van der Waals surface area contributed by atoms with Crippen LogP contribution in [0.25, 0.3) is 0 Å². The van der Waals surface area contributed by atoms with Gasteiger partial charge in [-0.2, -0.15) is 0 Å². The van der Waals surface area contributed by atoms with Crippen LogP contribution in [0.4, 0.5) is 0 Å². The van der Waals surface area contributed by atoms with E-state index < -0.39 is 6.10 Å². The molecule has 0 aromatic rings. The first-order valence-electron chi connectivity index (χ1n) is 5.33. The molecule has 1 atom stereocenters. The molecule has 0 aliphatic heterocycles. The van der Waals surface area contributed by atoms with Crippen LogP contribution in [-0.2, 0) is 9.53 Å². The molecule has 15 heavy (non-hydrogen) atoms. The number of hydrogen-bond acceptors (Lipinski definition) is 4. The summed E-state index contributed by atoms with van der Waals surface area (Å²) in [5, 5.41) is 8.85. The van der Waals surface area contributed by atoms with Gasteiger partial charge in [0.15, 0.2) is 0 Å². The molecule has 0 aliphatic rings. The Kier molecular flexibility index (Phi) is 8.27. The zero-order valence-electron chi connectivity index (χ0n) is 9.61. The number of nitrogens with zero attached hydrogens (tertiary/aromatic N) is 1. The van der Waals surface area contributed by atoms with Gasteiger partial charge >= 0.3 is 0 Å². The van der Waals surface area contributed by atoms with Gasteiger partial charge in [0.25, 0.3) is 5.91 Å². The molecule has 0 rings (SSSR count). The van der Waals surface area contributed by atoms with Crippen LogP contribution in [-0.4, -0.2) is 55.4 Å². The van der Waals surface area contributed by atoms with Crippen molar-refractivity contribution in [2.45, 2.75) is 25.9 Å². The van der Waals surface area contributed by atoms with E-state index in [4.69, 9.17) is 15.6 Å². The summed E-state index contributed by atoms with van der Waals surface area (Å²) in [5.41, 5.74) is 5.41.